The quantitative estimate of drug-likeness (QED) is 0.385. The number of hydrogen-bond acceptors (Lipinski definition) is 6. The van der Waals surface area contributed by atoms with E-state index in [1.807, 2.05) is 55.4 Å². The fourth-order valence-electron chi connectivity index (χ4n) is 3.53. The van der Waals surface area contributed by atoms with Crippen molar-refractivity contribution in [1.29, 1.82) is 0 Å². The molecule has 3 aromatic rings. The highest BCUT2D eigenvalue weighted by molar-refractivity contribution is 7.17. The number of thiophene rings is 1. The lowest BCUT2D eigenvalue weighted by atomic mass is 10.1. The maximum atomic E-state index is 12.3. The summed E-state index contributed by atoms with van der Waals surface area (Å²) in [7, 11) is 3.85. The number of aromatic nitrogens is 1. The third kappa shape index (κ3) is 5.43. The minimum absolute atomic E-state index is 0.0496. The molecule has 33 heavy (non-hydrogen) atoms. The van der Waals surface area contributed by atoms with Gasteiger partial charge >= 0.3 is 0 Å². The minimum atomic E-state index is -0.201. The van der Waals surface area contributed by atoms with Crippen LogP contribution in [-0.2, 0) is 11.2 Å². The van der Waals surface area contributed by atoms with E-state index in [9.17, 15) is 9.59 Å². The number of Topliss-reactive ketones (excluding diaryl/α,β-unsaturated/α-hetero) is 1. The van der Waals surface area contributed by atoms with Gasteiger partial charge in [-0.15, -0.1) is 11.3 Å². The van der Waals surface area contributed by atoms with Gasteiger partial charge in [-0.05, 0) is 60.5 Å². The summed E-state index contributed by atoms with van der Waals surface area (Å²) in [6.07, 6.45) is 5.40. The SMILES string of the molecule is CC(=O)c1ccc(-c2cc(Cl)c3c(c2)CC(CNC(=O)C=Cc2ccc(N(C)C)nc2)O3)s1. The van der Waals surface area contributed by atoms with Crippen LogP contribution in [0.1, 0.15) is 27.7 Å². The topological polar surface area (TPSA) is 71.5 Å². The molecule has 6 nitrogen and oxygen atoms in total. The van der Waals surface area contributed by atoms with Gasteiger partial charge in [-0.25, -0.2) is 4.98 Å². The number of halogens is 1. The summed E-state index contributed by atoms with van der Waals surface area (Å²) in [5, 5.41) is 3.41. The van der Waals surface area contributed by atoms with E-state index in [0.29, 0.717) is 23.7 Å². The summed E-state index contributed by atoms with van der Waals surface area (Å²) in [4.78, 5) is 31.8. The lowest BCUT2D eigenvalue weighted by Gasteiger charge is -2.11. The lowest BCUT2D eigenvalue weighted by molar-refractivity contribution is -0.116. The molecule has 1 aromatic carbocycles. The Morgan fingerprint density at radius 3 is 2.76 bits per heavy atom. The number of anilines is 1. The number of ether oxygens (including phenoxy) is 1. The van der Waals surface area contributed by atoms with E-state index in [0.717, 1.165) is 32.3 Å². The van der Waals surface area contributed by atoms with Gasteiger partial charge in [-0.2, -0.15) is 0 Å². The second-order valence-electron chi connectivity index (χ2n) is 8.03. The van der Waals surface area contributed by atoms with Crippen LogP contribution < -0.4 is 15.0 Å². The molecule has 1 aliphatic rings. The zero-order valence-electron chi connectivity index (χ0n) is 18.6. The van der Waals surface area contributed by atoms with Crippen LogP contribution in [0.25, 0.3) is 16.5 Å². The van der Waals surface area contributed by atoms with Crippen molar-refractivity contribution in [3.05, 3.63) is 69.7 Å². The first-order valence-electron chi connectivity index (χ1n) is 10.5. The largest absolute Gasteiger partial charge is 0.486 e. The molecule has 1 unspecified atom stereocenters. The molecular weight excluding hydrogens is 458 g/mol. The van der Waals surface area contributed by atoms with Gasteiger partial charge in [0.2, 0.25) is 5.91 Å². The zero-order chi connectivity index (χ0) is 23.5. The molecule has 1 aliphatic heterocycles. The van der Waals surface area contributed by atoms with E-state index in [2.05, 4.69) is 10.3 Å². The number of fused-ring (bicyclic) bond motifs is 1. The Labute approximate surface area is 201 Å². The Morgan fingerprint density at radius 1 is 1.27 bits per heavy atom. The molecular formula is C25H24ClN3O3S. The minimum Gasteiger partial charge on any atom is -0.486 e. The van der Waals surface area contributed by atoms with Crippen LogP contribution in [0, 0.1) is 0 Å². The summed E-state index contributed by atoms with van der Waals surface area (Å²) in [6.45, 7) is 1.93. The van der Waals surface area contributed by atoms with Crippen molar-refractivity contribution in [2.45, 2.75) is 19.4 Å². The number of rotatable bonds is 7. The van der Waals surface area contributed by atoms with Gasteiger partial charge in [0, 0.05) is 43.2 Å². The molecule has 0 spiro atoms. The first kappa shape index (κ1) is 23.0. The number of pyridine rings is 1. The van der Waals surface area contributed by atoms with Gasteiger partial charge in [0.05, 0.1) is 16.4 Å². The van der Waals surface area contributed by atoms with Gasteiger partial charge in [0.15, 0.2) is 5.78 Å². The highest BCUT2D eigenvalue weighted by Crippen LogP contribution is 2.41. The molecule has 1 amide bonds. The van der Waals surface area contributed by atoms with E-state index in [-0.39, 0.29) is 17.8 Å². The molecule has 1 atom stereocenters. The molecule has 0 radical (unpaired) electrons. The maximum absolute atomic E-state index is 12.3. The van der Waals surface area contributed by atoms with E-state index >= 15 is 0 Å². The molecule has 170 valence electrons. The summed E-state index contributed by atoms with van der Waals surface area (Å²) < 4.78 is 5.98. The molecule has 3 heterocycles. The first-order valence-corrected chi connectivity index (χ1v) is 11.7. The number of carbonyl (C=O) groups excluding carboxylic acids is 2. The molecule has 1 N–H and O–H groups in total. The summed E-state index contributed by atoms with van der Waals surface area (Å²) in [5.74, 6) is 1.36. The van der Waals surface area contributed by atoms with Crippen LogP contribution in [0.15, 0.2) is 48.7 Å². The zero-order valence-corrected chi connectivity index (χ0v) is 20.2. The Morgan fingerprint density at radius 2 is 2.09 bits per heavy atom. The van der Waals surface area contributed by atoms with Gasteiger partial charge in [-0.1, -0.05) is 11.6 Å². The molecule has 0 fully saturated rings. The monoisotopic (exact) mass is 481 g/mol. The Balaban J connectivity index is 1.35. The fourth-order valence-corrected chi connectivity index (χ4v) is 4.70. The van der Waals surface area contributed by atoms with Crippen molar-refractivity contribution in [3.63, 3.8) is 0 Å². The number of carbonyl (C=O) groups is 2. The second kappa shape index (κ2) is 9.77. The molecule has 0 saturated heterocycles. The predicted octanol–water partition coefficient (Wildman–Crippen LogP) is 4.87. The van der Waals surface area contributed by atoms with Crippen molar-refractivity contribution in [3.8, 4) is 16.2 Å². The van der Waals surface area contributed by atoms with Gasteiger partial charge < -0.3 is 15.0 Å². The van der Waals surface area contributed by atoms with E-state index < -0.39 is 0 Å². The lowest BCUT2D eigenvalue weighted by Crippen LogP contribution is -2.33. The Bertz CT molecular complexity index is 1220. The summed E-state index contributed by atoms with van der Waals surface area (Å²) in [5.41, 5.74) is 2.81. The van der Waals surface area contributed by atoms with Gasteiger partial charge in [-0.3, -0.25) is 9.59 Å². The van der Waals surface area contributed by atoms with Gasteiger partial charge in [0.25, 0.3) is 0 Å². The standard InChI is InChI=1S/C25H24ClN3O3S/c1-15(30)21-6-7-22(33-21)17-10-18-11-19(32-25(18)20(26)12-17)14-28-24(31)9-5-16-4-8-23(27-13-16)29(2)3/h4-10,12-13,19H,11,14H2,1-3H3,(H,28,31). The van der Waals surface area contributed by atoms with Crippen molar-refractivity contribution >= 4 is 46.5 Å². The smallest absolute Gasteiger partial charge is 0.244 e. The van der Waals surface area contributed by atoms with Crippen molar-refractivity contribution in [2.24, 2.45) is 0 Å². The van der Waals surface area contributed by atoms with Crippen LogP contribution in [0.5, 0.6) is 5.75 Å². The maximum Gasteiger partial charge on any atom is 0.244 e. The molecule has 2 aromatic heterocycles. The average molecular weight is 482 g/mol. The Kier molecular flexibility index (Phi) is 6.81. The number of hydrogen-bond donors (Lipinski definition) is 1. The Hall–Kier alpha value is -3.16. The number of nitrogens with zero attached hydrogens (tertiary/aromatic N) is 2. The predicted molar refractivity (Wildman–Crippen MR) is 133 cm³/mol. The number of benzene rings is 1. The van der Waals surface area contributed by atoms with Gasteiger partial charge in [0.1, 0.15) is 17.7 Å². The van der Waals surface area contributed by atoms with E-state index in [1.165, 1.54) is 17.4 Å². The third-order valence-electron chi connectivity index (χ3n) is 5.25. The fraction of sp³-hybridized carbons (Fsp3) is 0.240. The number of ketones is 1. The normalized spacial score (nSPS) is 14.7. The molecule has 0 aliphatic carbocycles. The third-order valence-corrected chi connectivity index (χ3v) is 6.77. The molecule has 4 rings (SSSR count). The average Bonchev–Trinajstić information content (AvgIpc) is 3.44. The highest BCUT2D eigenvalue weighted by Gasteiger charge is 2.26. The van der Waals surface area contributed by atoms with E-state index in [4.69, 9.17) is 16.3 Å². The van der Waals surface area contributed by atoms with Crippen molar-refractivity contribution < 1.29 is 14.3 Å². The van der Waals surface area contributed by atoms with E-state index in [1.54, 1.807) is 19.2 Å². The van der Waals surface area contributed by atoms with Crippen LogP contribution in [0.4, 0.5) is 5.82 Å². The molecule has 8 heteroatoms. The van der Waals surface area contributed by atoms with Crippen LogP contribution >= 0.6 is 22.9 Å². The molecule has 0 bridgehead atoms. The van der Waals surface area contributed by atoms with Crippen molar-refractivity contribution in [1.82, 2.24) is 10.3 Å². The highest BCUT2D eigenvalue weighted by atomic mass is 35.5. The molecule has 0 saturated carbocycles. The first-order chi connectivity index (χ1) is 15.8. The summed E-state index contributed by atoms with van der Waals surface area (Å²) >= 11 is 7.92. The second-order valence-corrected chi connectivity index (χ2v) is 9.52. The van der Waals surface area contributed by atoms with Crippen molar-refractivity contribution in [2.75, 3.05) is 25.5 Å². The number of nitrogens with one attached hydrogen (secondary N) is 1. The number of amides is 1. The van der Waals surface area contributed by atoms with Crippen LogP contribution in [-0.4, -0.2) is 43.4 Å². The summed E-state index contributed by atoms with van der Waals surface area (Å²) in [6, 6.07) is 11.5. The van der Waals surface area contributed by atoms with Crippen LogP contribution in [0.3, 0.4) is 0 Å². The van der Waals surface area contributed by atoms with Crippen LogP contribution in [0.2, 0.25) is 5.02 Å².